The number of rotatable bonds is 3. The van der Waals surface area contributed by atoms with E-state index in [1.807, 2.05) is 6.92 Å². The van der Waals surface area contributed by atoms with Gasteiger partial charge in [0.05, 0.1) is 4.90 Å². The van der Waals surface area contributed by atoms with Gasteiger partial charge in [-0.3, -0.25) is 4.79 Å². The van der Waals surface area contributed by atoms with Gasteiger partial charge in [-0.2, -0.15) is 4.31 Å². The lowest BCUT2D eigenvalue weighted by molar-refractivity contribution is -0.117. The van der Waals surface area contributed by atoms with E-state index in [4.69, 9.17) is 0 Å². The number of sulfonamides is 1. The van der Waals surface area contributed by atoms with Gasteiger partial charge >= 0.3 is 0 Å². The molecule has 1 aromatic rings. The number of carbonyl (C=O) groups is 1. The number of anilines is 1. The average molecular weight is 308 g/mol. The Morgan fingerprint density at radius 2 is 1.81 bits per heavy atom. The highest BCUT2D eigenvalue weighted by molar-refractivity contribution is 7.89. The Bertz CT molecular complexity index is 639. The normalized spacial score (nSPS) is 24.0. The van der Waals surface area contributed by atoms with E-state index in [0.29, 0.717) is 24.4 Å². The molecule has 0 radical (unpaired) electrons. The van der Waals surface area contributed by atoms with Gasteiger partial charge in [0.2, 0.25) is 15.9 Å². The molecule has 2 aliphatic heterocycles. The van der Waals surface area contributed by atoms with Gasteiger partial charge in [0.15, 0.2) is 0 Å². The van der Waals surface area contributed by atoms with E-state index in [1.165, 1.54) is 0 Å². The molecular formula is C15H20N2O3S. The van der Waals surface area contributed by atoms with Crippen LogP contribution in [0, 0.1) is 0 Å². The summed E-state index contributed by atoms with van der Waals surface area (Å²) in [7, 11) is -3.41. The number of nitrogens with zero attached hydrogens (tertiary/aromatic N) is 2. The van der Waals surface area contributed by atoms with E-state index in [-0.39, 0.29) is 11.9 Å². The third-order valence-electron chi connectivity index (χ3n) is 4.32. The second-order valence-electron chi connectivity index (χ2n) is 5.75. The zero-order valence-corrected chi connectivity index (χ0v) is 13.0. The third kappa shape index (κ3) is 2.58. The first-order chi connectivity index (χ1) is 10.00. The Balaban J connectivity index is 1.85. The maximum atomic E-state index is 12.6. The summed E-state index contributed by atoms with van der Waals surface area (Å²) in [5.74, 6) is 0.110. The molecule has 0 N–H and O–H groups in total. The molecule has 0 aromatic heterocycles. The lowest BCUT2D eigenvalue weighted by Gasteiger charge is -2.21. The van der Waals surface area contributed by atoms with Crippen LogP contribution in [0.25, 0.3) is 0 Å². The van der Waals surface area contributed by atoms with Gasteiger partial charge < -0.3 is 4.90 Å². The van der Waals surface area contributed by atoms with Gasteiger partial charge in [0.25, 0.3) is 0 Å². The second kappa shape index (κ2) is 5.42. The number of carbonyl (C=O) groups excluding carboxylic acids is 1. The maximum absolute atomic E-state index is 12.6. The molecule has 2 fully saturated rings. The van der Waals surface area contributed by atoms with Crippen molar-refractivity contribution in [3.63, 3.8) is 0 Å². The van der Waals surface area contributed by atoms with Crippen LogP contribution in [0.3, 0.4) is 0 Å². The van der Waals surface area contributed by atoms with Crippen molar-refractivity contribution in [1.82, 2.24) is 4.31 Å². The van der Waals surface area contributed by atoms with Crippen LogP contribution < -0.4 is 4.90 Å². The SMILES string of the molecule is CC1CCCN1S(=O)(=O)c1ccc(N2CCCC2=O)cc1. The minimum atomic E-state index is -3.41. The molecule has 1 atom stereocenters. The van der Waals surface area contributed by atoms with Crippen molar-refractivity contribution in [2.75, 3.05) is 18.0 Å². The molecule has 1 unspecified atom stereocenters. The highest BCUT2D eigenvalue weighted by Crippen LogP contribution is 2.28. The topological polar surface area (TPSA) is 57.7 Å². The predicted molar refractivity (Wildman–Crippen MR) is 80.6 cm³/mol. The summed E-state index contributed by atoms with van der Waals surface area (Å²) in [4.78, 5) is 13.7. The summed E-state index contributed by atoms with van der Waals surface area (Å²) in [6.07, 6.45) is 3.27. The smallest absolute Gasteiger partial charge is 0.243 e. The van der Waals surface area contributed by atoms with Crippen molar-refractivity contribution < 1.29 is 13.2 Å². The minimum Gasteiger partial charge on any atom is -0.312 e. The summed E-state index contributed by atoms with van der Waals surface area (Å²) in [5.41, 5.74) is 0.783. The summed E-state index contributed by atoms with van der Waals surface area (Å²) in [6, 6.07) is 6.76. The highest BCUT2D eigenvalue weighted by atomic mass is 32.2. The van der Waals surface area contributed by atoms with Crippen molar-refractivity contribution in [3.05, 3.63) is 24.3 Å². The van der Waals surface area contributed by atoms with Gasteiger partial charge in [0.1, 0.15) is 0 Å². The monoisotopic (exact) mass is 308 g/mol. The highest BCUT2D eigenvalue weighted by Gasteiger charge is 2.32. The van der Waals surface area contributed by atoms with Gasteiger partial charge in [-0.05, 0) is 50.5 Å². The number of hydrogen-bond donors (Lipinski definition) is 0. The van der Waals surface area contributed by atoms with Crippen LogP contribution in [0.4, 0.5) is 5.69 Å². The van der Waals surface area contributed by atoms with Crippen LogP contribution in [0.5, 0.6) is 0 Å². The molecule has 2 saturated heterocycles. The van der Waals surface area contributed by atoms with Crippen molar-refractivity contribution in [1.29, 1.82) is 0 Å². The fourth-order valence-corrected chi connectivity index (χ4v) is 4.82. The fourth-order valence-electron chi connectivity index (χ4n) is 3.12. The summed E-state index contributed by atoms with van der Waals surface area (Å²) >= 11 is 0. The lowest BCUT2D eigenvalue weighted by Crippen LogP contribution is -2.33. The second-order valence-corrected chi connectivity index (χ2v) is 7.64. The van der Waals surface area contributed by atoms with Gasteiger partial charge in [-0.1, -0.05) is 0 Å². The predicted octanol–water partition coefficient (Wildman–Crippen LogP) is 1.99. The first-order valence-corrected chi connectivity index (χ1v) is 8.86. The van der Waals surface area contributed by atoms with E-state index < -0.39 is 10.0 Å². The van der Waals surface area contributed by atoms with Crippen LogP contribution in [0.2, 0.25) is 0 Å². The third-order valence-corrected chi connectivity index (χ3v) is 6.35. The summed E-state index contributed by atoms with van der Waals surface area (Å²) in [5, 5.41) is 0. The van der Waals surface area contributed by atoms with E-state index in [9.17, 15) is 13.2 Å². The molecular weight excluding hydrogens is 288 g/mol. The molecule has 5 nitrogen and oxygen atoms in total. The minimum absolute atomic E-state index is 0.0647. The average Bonchev–Trinajstić information content (AvgIpc) is 3.08. The van der Waals surface area contributed by atoms with Crippen molar-refractivity contribution in [2.24, 2.45) is 0 Å². The van der Waals surface area contributed by atoms with Gasteiger partial charge in [0, 0.05) is 31.2 Å². The molecule has 0 spiro atoms. The number of benzene rings is 1. The summed E-state index contributed by atoms with van der Waals surface area (Å²) in [6.45, 7) is 3.26. The first kappa shape index (κ1) is 14.5. The molecule has 0 bridgehead atoms. The van der Waals surface area contributed by atoms with Crippen molar-refractivity contribution in [3.8, 4) is 0 Å². The van der Waals surface area contributed by atoms with Gasteiger partial charge in [-0.15, -0.1) is 0 Å². The standard InChI is InChI=1S/C15H20N2O3S/c1-12-4-2-11-17(12)21(19,20)14-8-6-13(7-9-14)16-10-3-5-15(16)18/h6-9,12H,2-5,10-11H2,1H3. The number of hydrogen-bond acceptors (Lipinski definition) is 3. The molecule has 3 rings (SSSR count). The van der Waals surface area contributed by atoms with Crippen molar-refractivity contribution in [2.45, 2.75) is 43.5 Å². The summed E-state index contributed by atoms with van der Waals surface area (Å²) < 4.78 is 26.7. The largest absolute Gasteiger partial charge is 0.312 e. The quantitative estimate of drug-likeness (QED) is 0.858. The zero-order chi connectivity index (χ0) is 15.0. The molecule has 0 aliphatic carbocycles. The van der Waals surface area contributed by atoms with Gasteiger partial charge in [-0.25, -0.2) is 8.42 Å². The molecule has 114 valence electrons. The molecule has 0 saturated carbocycles. The van der Waals surface area contributed by atoms with E-state index >= 15 is 0 Å². The molecule has 2 heterocycles. The Labute approximate surface area is 125 Å². The fraction of sp³-hybridized carbons (Fsp3) is 0.533. The molecule has 2 aliphatic rings. The van der Waals surface area contributed by atoms with Crippen LogP contribution in [0.15, 0.2) is 29.2 Å². The van der Waals surface area contributed by atoms with E-state index in [2.05, 4.69) is 0 Å². The van der Waals surface area contributed by atoms with E-state index in [0.717, 1.165) is 24.9 Å². The van der Waals surface area contributed by atoms with Crippen LogP contribution in [-0.2, 0) is 14.8 Å². The lowest BCUT2D eigenvalue weighted by atomic mass is 10.3. The Kier molecular flexibility index (Phi) is 3.75. The maximum Gasteiger partial charge on any atom is 0.243 e. The molecule has 1 amide bonds. The van der Waals surface area contributed by atoms with Crippen LogP contribution in [0.1, 0.15) is 32.6 Å². The van der Waals surface area contributed by atoms with Crippen LogP contribution in [-0.4, -0.2) is 37.8 Å². The van der Waals surface area contributed by atoms with Crippen molar-refractivity contribution >= 4 is 21.6 Å². The Hall–Kier alpha value is -1.40. The first-order valence-electron chi connectivity index (χ1n) is 7.42. The Morgan fingerprint density at radius 3 is 2.33 bits per heavy atom. The molecule has 1 aromatic carbocycles. The zero-order valence-electron chi connectivity index (χ0n) is 12.2. The van der Waals surface area contributed by atoms with E-state index in [1.54, 1.807) is 33.5 Å². The van der Waals surface area contributed by atoms with Crippen LogP contribution >= 0.6 is 0 Å². The molecule has 21 heavy (non-hydrogen) atoms. The number of amides is 1. The molecule has 6 heteroatoms. The Morgan fingerprint density at radius 1 is 1.10 bits per heavy atom.